The van der Waals surface area contributed by atoms with E-state index in [1.807, 2.05) is 12.1 Å². The van der Waals surface area contributed by atoms with E-state index in [0.29, 0.717) is 34.8 Å². The van der Waals surface area contributed by atoms with Crippen molar-refractivity contribution in [3.8, 4) is 0 Å². The van der Waals surface area contributed by atoms with Crippen molar-refractivity contribution in [2.45, 2.75) is 40.8 Å². The topological polar surface area (TPSA) is 117 Å². The van der Waals surface area contributed by atoms with E-state index in [0.717, 1.165) is 18.6 Å². The largest absolute Gasteiger partial charge is 0.467 e. The number of furan rings is 1. The smallest absolute Gasteiger partial charge is 0.243 e. The lowest BCUT2D eigenvalue weighted by Crippen LogP contribution is -2.27. The van der Waals surface area contributed by atoms with Gasteiger partial charge in [0.1, 0.15) is 5.76 Å². The Morgan fingerprint density at radius 1 is 1.22 bits per heavy atom. The highest BCUT2D eigenvalue weighted by molar-refractivity contribution is 8.02. The van der Waals surface area contributed by atoms with Crippen LogP contribution in [0.3, 0.4) is 0 Å². The van der Waals surface area contributed by atoms with Gasteiger partial charge in [0.15, 0.2) is 4.34 Å². The summed E-state index contributed by atoms with van der Waals surface area (Å²) in [6, 6.07) is 9.97. The second-order valence-electron chi connectivity index (χ2n) is 7.19. The van der Waals surface area contributed by atoms with Crippen LogP contribution < -0.4 is 10.6 Å². The predicted molar refractivity (Wildman–Crippen MR) is 124 cm³/mol. The molecule has 32 heavy (non-hydrogen) atoms. The van der Waals surface area contributed by atoms with E-state index in [1.165, 1.54) is 39.5 Å². The van der Waals surface area contributed by atoms with E-state index in [9.17, 15) is 13.2 Å². The zero-order valence-electron chi connectivity index (χ0n) is 17.4. The van der Waals surface area contributed by atoms with E-state index in [1.54, 1.807) is 25.3 Å². The number of sulfonamides is 1. The number of aromatic nitrogens is 2. The van der Waals surface area contributed by atoms with Crippen molar-refractivity contribution in [2.24, 2.45) is 0 Å². The molecular weight excluding hydrogens is 470 g/mol. The van der Waals surface area contributed by atoms with Gasteiger partial charge in [-0.05, 0) is 56.2 Å². The van der Waals surface area contributed by atoms with Gasteiger partial charge in [0.25, 0.3) is 0 Å². The molecule has 3 aromatic rings. The predicted octanol–water partition coefficient (Wildman–Crippen LogP) is 3.65. The molecule has 0 bridgehead atoms. The van der Waals surface area contributed by atoms with Crippen molar-refractivity contribution in [3.05, 3.63) is 48.4 Å². The van der Waals surface area contributed by atoms with Crippen LogP contribution in [-0.4, -0.2) is 47.2 Å². The molecule has 0 aliphatic carbocycles. The molecule has 2 N–H and O–H groups in total. The summed E-state index contributed by atoms with van der Waals surface area (Å²) >= 11 is 2.67. The lowest BCUT2D eigenvalue weighted by Gasteiger charge is -2.16. The molecule has 1 aliphatic rings. The van der Waals surface area contributed by atoms with Crippen LogP contribution in [0.1, 0.15) is 25.5 Å². The average molecular weight is 494 g/mol. The van der Waals surface area contributed by atoms with Crippen LogP contribution in [0.5, 0.6) is 0 Å². The Balaban J connectivity index is 1.30. The molecule has 0 saturated carbocycles. The standard InChI is InChI=1S/C20H23N5O4S3/c1-14(30-20-24-23-19(31-20)21-13-16-5-4-12-29-16)18(26)22-15-6-8-17(9-7-15)32(27,28)25-10-2-3-11-25/h4-9,12,14H,2-3,10-11,13H2,1H3,(H,21,23)(H,22,26)/t14-/m0/s1. The highest BCUT2D eigenvalue weighted by atomic mass is 32.2. The lowest BCUT2D eigenvalue weighted by atomic mass is 10.3. The zero-order valence-corrected chi connectivity index (χ0v) is 19.8. The Labute approximate surface area is 194 Å². The van der Waals surface area contributed by atoms with Crippen LogP contribution in [0.15, 0.2) is 56.3 Å². The van der Waals surface area contributed by atoms with Gasteiger partial charge in [-0.15, -0.1) is 10.2 Å². The summed E-state index contributed by atoms with van der Waals surface area (Å²) in [5.74, 6) is 0.590. The second kappa shape index (κ2) is 10.0. The molecule has 1 atom stereocenters. The van der Waals surface area contributed by atoms with Crippen molar-refractivity contribution in [3.63, 3.8) is 0 Å². The van der Waals surface area contributed by atoms with Gasteiger partial charge in [0.2, 0.25) is 21.1 Å². The van der Waals surface area contributed by atoms with E-state index in [4.69, 9.17) is 4.42 Å². The number of carbonyl (C=O) groups is 1. The number of carbonyl (C=O) groups excluding carboxylic acids is 1. The maximum absolute atomic E-state index is 12.6. The highest BCUT2D eigenvalue weighted by Crippen LogP contribution is 2.30. The number of amides is 1. The fourth-order valence-electron chi connectivity index (χ4n) is 3.14. The van der Waals surface area contributed by atoms with Crippen molar-refractivity contribution in [1.29, 1.82) is 0 Å². The minimum absolute atomic E-state index is 0.203. The maximum atomic E-state index is 12.6. The molecule has 1 amide bonds. The molecule has 1 aromatic carbocycles. The van der Waals surface area contributed by atoms with Gasteiger partial charge >= 0.3 is 0 Å². The summed E-state index contributed by atoms with van der Waals surface area (Å²) in [6.45, 7) is 3.40. The van der Waals surface area contributed by atoms with E-state index >= 15 is 0 Å². The maximum Gasteiger partial charge on any atom is 0.243 e. The van der Waals surface area contributed by atoms with Crippen LogP contribution in [0.25, 0.3) is 0 Å². The number of hydrogen-bond acceptors (Lipinski definition) is 9. The third kappa shape index (κ3) is 5.49. The summed E-state index contributed by atoms with van der Waals surface area (Å²) in [4.78, 5) is 12.8. The first-order valence-corrected chi connectivity index (χ1v) is 13.2. The molecule has 0 spiro atoms. The van der Waals surface area contributed by atoms with Gasteiger partial charge in [-0.1, -0.05) is 23.1 Å². The molecule has 1 aliphatic heterocycles. The third-order valence-corrected chi connectivity index (χ3v) is 8.85. The minimum Gasteiger partial charge on any atom is -0.467 e. The summed E-state index contributed by atoms with van der Waals surface area (Å²) in [5.41, 5.74) is 0.542. The minimum atomic E-state index is -3.47. The molecule has 12 heteroatoms. The number of nitrogens with one attached hydrogen (secondary N) is 2. The molecule has 2 aromatic heterocycles. The number of rotatable bonds is 9. The zero-order chi connectivity index (χ0) is 22.6. The second-order valence-corrected chi connectivity index (χ2v) is 11.7. The average Bonchev–Trinajstić information content (AvgIpc) is 3.55. The Bertz CT molecular complexity index is 1140. The van der Waals surface area contributed by atoms with Crippen molar-refractivity contribution in [1.82, 2.24) is 14.5 Å². The number of benzene rings is 1. The molecule has 0 unspecified atom stereocenters. The Kier molecular flexibility index (Phi) is 7.13. The molecule has 1 fully saturated rings. The third-order valence-electron chi connectivity index (χ3n) is 4.87. The summed E-state index contributed by atoms with van der Waals surface area (Å²) in [6.07, 6.45) is 3.39. The van der Waals surface area contributed by atoms with Crippen molar-refractivity contribution in [2.75, 3.05) is 23.7 Å². The first-order valence-electron chi connectivity index (χ1n) is 10.1. The Hall–Kier alpha value is -2.41. The molecule has 170 valence electrons. The summed E-state index contributed by atoms with van der Waals surface area (Å²) in [5, 5.41) is 14.4. The van der Waals surface area contributed by atoms with E-state index in [2.05, 4.69) is 20.8 Å². The molecule has 9 nitrogen and oxygen atoms in total. The molecule has 1 saturated heterocycles. The Morgan fingerprint density at radius 2 is 1.97 bits per heavy atom. The lowest BCUT2D eigenvalue weighted by molar-refractivity contribution is -0.115. The summed E-state index contributed by atoms with van der Waals surface area (Å²) < 4.78 is 32.6. The van der Waals surface area contributed by atoms with Crippen LogP contribution in [0.4, 0.5) is 10.8 Å². The van der Waals surface area contributed by atoms with E-state index in [-0.39, 0.29) is 10.8 Å². The molecule has 4 rings (SSSR count). The first-order chi connectivity index (χ1) is 15.4. The molecule has 3 heterocycles. The van der Waals surface area contributed by atoms with Crippen LogP contribution in [0, 0.1) is 0 Å². The van der Waals surface area contributed by atoms with Gasteiger partial charge in [-0.25, -0.2) is 8.42 Å². The quantitative estimate of drug-likeness (QED) is 0.434. The van der Waals surface area contributed by atoms with Gasteiger partial charge in [-0.3, -0.25) is 4.79 Å². The summed E-state index contributed by atoms with van der Waals surface area (Å²) in [7, 11) is -3.47. The van der Waals surface area contributed by atoms with Crippen LogP contribution in [0.2, 0.25) is 0 Å². The fourth-order valence-corrected chi connectivity index (χ4v) is 6.55. The highest BCUT2D eigenvalue weighted by Gasteiger charge is 2.27. The Morgan fingerprint density at radius 3 is 2.66 bits per heavy atom. The normalized spacial score (nSPS) is 15.5. The molecular formula is C20H23N5O4S3. The van der Waals surface area contributed by atoms with Crippen LogP contribution in [-0.2, 0) is 21.4 Å². The number of thioether (sulfide) groups is 1. The van der Waals surface area contributed by atoms with Gasteiger partial charge in [0.05, 0.1) is 23.0 Å². The first kappa shape index (κ1) is 22.8. The SMILES string of the molecule is C[C@H](Sc1nnc(NCc2ccco2)s1)C(=O)Nc1ccc(S(=O)(=O)N2CCCC2)cc1. The monoisotopic (exact) mass is 493 g/mol. The van der Waals surface area contributed by atoms with Gasteiger partial charge in [-0.2, -0.15) is 4.31 Å². The molecule has 0 radical (unpaired) electrons. The number of nitrogens with zero attached hydrogens (tertiary/aromatic N) is 3. The van der Waals surface area contributed by atoms with Crippen LogP contribution >= 0.6 is 23.1 Å². The van der Waals surface area contributed by atoms with Gasteiger partial charge in [0, 0.05) is 18.8 Å². The van der Waals surface area contributed by atoms with Gasteiger partial charge < -0.3 is 15.1 Å². The number of anilines is 2. The fraction of sp³-hybridized carbons (Fsp3) is 0.350. The van der Waals surface area contributed by atoms with Crippen molar-refractivity contribution >= 4 is 49.8 Å². The number of hydrogen-bond donors (Lipinski definition) is 2. The van der Waals surface area contributed by atoms with Crippen molar-refractivity contribution < 1.29 is 17.6 Å². The van der Waals surface area contributed by atoms with E-state index < -0.39 is 15.3 Å².